The molecule has 0 aromatic carbocycles. The SMILES string of the molecule is N#Cc1ccc(C(O)(O)O)nc1. The van der Waals surface area contributed by atoms with Crippen molar-refractivity contribution in [3.8, 4) is 6.07 Å². The van der Waals surface area contributed by atoms with Gasteiger partial charge in [-0.15, -0.1) is 0 Å². The number of aromatic nitrogens is 1. The van der Waals surface area contributed by atoms with E-state index in [9.17, 15) is 0 Å². The molecule has 1 heterocycles. The maximum absolute atomic E-state index is 8.62. The van der Waals surface area contributed by atoms with Crippen molar-refractivity contribution in [1.29, 1.82) is 5.26 Å². The Labute approximate surface area is 68.2 Å². The second-order valence-electron chi connectivity index (χ2n) is 2.18. The Kier molecular flexibility index (Phi) is 2.06. The van der Waals surface area contributed by atoms with Gasteiger partial charge in [-0.2, -0.15) is 5.26 Å². The molecule has 0 saturated carbocycles. The van der Waals surface area contributed by atoms with E-state index in [1.807, 2.05) is 0 Å². The van der Waals surface area contributed by atoms with Crippen molar-refractivity contribution in [2.24, 2.45) is 0 Å². The lowest BCUT2D eigenvalue weighted by atomic mass is 10.2. The number of nitriles is 1. The van der Waals surface area contributed by atoms with Crippen LogP contribution in [-0.2, 0) is 5.97 Å². The maximum atomic E-state index is 8.62. The minimum absolute atomic E-state index is 0.281. The Balaban J connectivity index is 3.02. The third kappa shape index (κ3) is 1.77. The van der Waals surface area contributed by atoms with E-state index in [4.69, 9.17) is 20.6 Å². The Morgan fingerprint density at radius 2 is 2.00 bits per heavy atom. The van der Waals surface area contributed by atoms with Gasteiger partial charge in [-0.1, -0.05) is 0 Å². The molecule has 0 fully saturated rings. The van der Waals surface area contributed by atoms with Gasteiger partial charge >= 0.3 is 5.97 Å². The predicted molar refractivity (Wildman–Crippen MR) is 37.3 cm³/mol. The number of hydrogen-bond acceptors (Lipinski definition) is 5. The van der Waals surface area contributed by atoms with E-state index in [-0.39, 0.29) is 11.3 Å². The van der Waals surface area contributed by atoms with Crippen LogP contribution in [0.15, 0.2) is 18.3 Å². The van der Waals surface area contributed by atoms with E-state index in [1.165, 1.54) is 6.07 Å². The Morgan fingerprint density at radius 1 is 1.33 bits per heavy atom. The highest BCUT2D eigenvalue weighted by Crippen LogP contribution is 2.10. The van der Waals surface area contributed by atoms with Crippen LogP contribution < -0.4 is 0 Å². The number of hydrogen-bond donors (Lipinski definition) is 3. The van der Waals surface area contributed by atoms with Crippen LogP contribution in [-0.4, -0.2) is 20.3 Å². The summed E-state index contributed by atoms with van der Waals surface area (Å²) in [6, 6.07) is 4.27. The highest BCUT2D eigenvalue weighted by atomic mass is 16.7. The summed E-state index contributed by atoms with van der Waals surface area (Å²) in [6.07, 6.45) is 1.13. The molecule has 0 saturated heterocycles. The standard InChI is InChI=1S/C7H6N2O3/c8-3-5-1-2-6(9-4-5)7(10,11)12/h1-2,4,10-12H. The quantitative estimate of drug-likeness (QED) is 0.467. The second-order valence-corrected chi connectivity index (χ2v) is 2.18. The molecule has 5 nitrogen and oxygen atoms in total. The minimum atomic E-state index is -2.94. The molecule has 12 heavy (non-hydrogen) atoms. The van der Waals surface area contributed by atoms with Crippen LogP contribution in [0.25, 0.3) is 0 Å². The Morgan fingerprint density at radius 3 is 2.33 bits per heavy atom. The Hall–Kier alpha value is -1.48. The fourth-order valence-corrected chi connectivity index (χ4v) is 0.658. The van der Waals surface area contributed by atoms with Crippen LogP contribution in [0.5, 0.6) is 0 Å². The summed E-state index contributed by atoms with van der Waals surface area (Å²) in [5, 5.41) is 34.2. The van der Waals surface area contributed by atoms with Crippen LogP contribution in [0.1, 0.15) is 11.3 Å². The molecular weight excluding hydrogens is 160 g/mol. The predicted octanol–water partition coefficient (Wildman–Crippen LogP) is -0.960. The van der Waals surface area contributed by atoms with Gasteiger partial charge in [-0.05, 0) is 12.1 Å². The lowest BCUT2D eigenvalue weighted by Crippen LogP contribution is -2.25. The van der Waals surface area contributed by atoms with Crippen molar-refractivity contribution in [2.45, 2.75) is 5.97 Å². The molecule has 0 radical (unpaired) electrons. The largest absolute Gasteiger partial charge is 0.338 e. The highest BCUT2D eigenvalue weighted by molar-refractivity contribution is 5.26. The van der Waals surface area contributed by atoms with Gasteiger partial charge in [-0.3, -0.25) is 4.98 Å². The van der Waals surface area contributed by atoms with Gasteiger partial charge in [0.25, 0.3) is 0 Å². The molecule has 1 aromatic heterocycles. The molecule has 0 unspecified atom stereocenters. The first-order valence-electron chi connectivity index (χ1n) is 3.08. The van der Waals surface area contributed by atoms with Gasteiger partial charge in [0.15, 0.2) is 0 Å². The van der Waals surface area contributed by atoms with Crippen LogP contribution in [0.3, 0.4) is 0 Å². The van der Waals surface area contributed by atoms with Gasteiger partial charge < -0.3 is 15.3 Å². The summed E-state index contributed by atoms with van der Waals surface area (Å²) in [5.74, 6) is -2.94. The average Bonchev–Trinajstić information content (AvgIpc) is 2.03. The van der Waals surface area contributed by atoms with Gasteiger partial charge in [0.05, 0.1) is 5.56 Å². The fraction of sp³-hybridized carbons (Fsp3) is 0.143. The smallest absolute Gasteiger partial charge is 0.322 e. The molecule has 0 atom stereocenters. The molecule has 0 spiro atoms. The van der Waals surface area contributed by atoms with Crippen LogP contribution >= 0.6 is 0 Å². The summed E-state index contributed by atoms with van der Waals surface area (Å²) in [6.45, 7) is 0. The molecule has 0 bridgehead atoms. The average molecular weight is 166 g/mol. The van der Waals surface area contributed by atoms with Gasteiger partial charge in [0.2, 0.25) is 0 Å². The lowest BCUT2D eigenvalue weighted by molar-refractivity contribution is -0.326. The van der Waals surface area contributed by atoms with Gasteiger partial charge in [0.1, 0.15) is 11.8 Å². The molecule has 1 rings (SSSR count). The molecule has 62 valence electrons. The molecule has 0 aliphatic carbocycles. The van der Waals surface area contributed by atoms with Gasteiger partial charge in [0, 0.05) is 6.20 Å². The zero-order chi connectivity index (χ0) is 9.19. The zero-order valence-electron chi connectivity index (χ0n) is 5.97. The summed E-state index contributed by atoms with van der Waals surface area (Å²) in [7, 11) is 0. The second kappa shape index (κ2) is 2.87. The summed E-state index contributed by atoms with van der Waals surface area (Å²) in [5.41, 5.74) is -0.0375. The molecule has 0 amide bonds. The minimum Gasteiger partial charge on any atom is -0.338 e. The Bertz CT molecular complexity index is 307. The van der Waals surface area contributed by atoms with Crippen molar-refractivity contribution < 1.29 is 15.3 Å². The van der Waals surface area contributed by atoms with E-state index in [2.05, 4.69) is 4.98 Å². The molecule has 0 aliphatic heterocycles. The maximum Gasteiger partial charge on any atom is 0.322 e. The van der Waals surface area contributed by atoms with Crippen molar-refractivity contribution in [1.82, 2.24) is 4.98 Å². The summed E-state index contributed by atoms with van der Waals surface area (Å²) in [4.78, 5) is 3.45. The van der Waals surface area contributed by atoms with Crippen molar-refractivity contribution in [3.05, 3.63) is 29.6 Å². The first-order chi connectivity index (χ1) is 5.54. The van der Waals surface area contributed by atoms with Crippen LogP contribution in [0, 0.1) is 11.3 Å². The van der Waals surface area contributed by atoms with E-state index >= 15 is 0 Å². The third-order valence-electron chi connectivity index (χ3n) is 1.24. The van der Waals surface area contributed by atoms with Crippen molar-refractivity contribution >= 4 is 0 Å². The number of nitrogens with zero attached hydrogens (tertiary/aromatic N) is 2. The molecular formula is C7H6N2O3. The molecule has 1 aromatic rings. The fourth-order valence-electron chi connectivity index (χ4n) is 0.658. The van der Waals surface area contributed by atoms with Gasteiger partial charge in [-0.25, -0.2) is 0 Å². The number of pyridine rings is 1. The monoisotopic (exact) mass is 166 g/mol. The molecule has 3 N–H and O–H groups in total. The summed E-state index contributed by atoms with van der Waals surface area (Å²) < 4.78 is 0. The first-order valence-corrected chi connectivity index (χ1v) is 3.08. The summed E-state index contributed by atoms with van der Waals surface area (Å²) >= 11 is 0. The molecule has 5 heteroatoms. The van der Waals surface area contributed by atoms with E-state index in [1.54, 1.807) is 6.07 Å². The topological polar surface area (TPSA) is 97.4 Å². The van der Waals surface area contributed by atoms with Crippen molar-refractivity contribution in [2.75, 3.05) is 0 Å². The zero-order valence-corrected chi connectivity index (χ0v) is 5.97. The van der Waals surface area contributed by atoms with E-state index < -0.39 is 5.97 Å². The lowest BCUT2D eigenvalue weighted by Gasteiger charge is -2.11. The normalized spacial score (nSPS) is 10.8. The number of aliphatic hydroxyl groups is 3. The highest BCUT2D eigenvalue weighted by Gasteiger charge is 2.22. The van der Waals surface area contributed by atoms with Crippen LogP contribution in [0.4, 0.5) is 0 Å². The van der Waals surface area contributed by atoms with Crippen LogP contribution in [0.2, 0.25) is 0 Å². The van der Waals surface area contributed by atoms with Crippen molar-refractivity contribution in [3.63, 3.8) is 0 Å². The first kappa shape index (κ1) is 8.62. The third-order valence-corrected chi connectivity index (χ3v) is 1.24. The van der Waals surface area contributed by atoms with E-state index in [0.29, 0.717) is 0 Å². The molecule has 0 aliphatic rings. The number of rotatable bonds is 1. The van der Waals surface area contributed by atoms with E-state index in [0.717, 1.165) is 12.3 Å².